The first kappa shape index (κ1) is 15.2. The Morgan fingerprint density at radius 2 is 1.94 bits per heavy atom. The Balaban J connectivity index is 4.47. The average molecular weight is 240 g/mol. The molecule has 0 radical (unpaired) electrons. The Bertz CT molecular complexity index is 219. The van der Waals surface area contributed by atoms with Gasteiger partial charge in [-0.2, -0.15) is 13.2 Å². The van der Waals surface area contributed by atoms with E-state index in [1.807, 2.05) is 6.92 Å². The van der Waals surface area contributed by atoms with Gasteiger partial charge in [0.15, 0.2) is 0 Å². The van der Waals surface area contributed by atoms with E-state index in [-0.39, 0.29) is 6.54 Å². The standard InChI is InChI=1S/C10H19F3N2O/c1-3-5-6-15(7-10(11,12)13)9(16)8(14)4-2/h8H,3-7,14H2,1-2H3. The number of halogens is 3. The predicted octanol–water partition coefficient (Wildman–Crippen LogP) is 1.91. The SMILES string of the molecule is CCCCN(CC(F)(F)F)C(=O)C(N)CC. The summed E-state index contributed by atoms with van der Waals surface area (Å²) in [6.07, 6.45) is -2.72. The maximum atomic E-state index is 12.2. The van der Waals surface area contributed by atoms with Crippen molar-refractivity contribution in [3.05, 3.63) is 0 Å². The van der Waals surface area contributed by atoms with Crippen molar-refractivity contribution in [2.75, 3.05) is 13.1 Å². The van der Waals surface area contributed by atoms with Crippen molar-refractivity contribution in [2.45, 2.75) is 45.3 Å². The summed E-state index contributed by atoms with van der Waals surface area (Å²) in [5.74, 6) is -0.617. The van der Waals surface area contributed by atoms with Gasteiger partial charge in [-0.3, -0.25) is 4.79 Å². The molecule has 0 aromatic heterocycles. The smallest absolute Gasteiger partial charge is 0.332 e. The summed E-state index contributed by atoms with van der Waals surface area (Å²) >= 11 is 0. The van der Waals surface area contributed by atoms with Gasteiger partial charge in [0, 0.05) is 6.54 Å². The van der Waals surface area contributed by atoms with Gasteiger partial charge in [-0.1, -0.05) is 20.3 Å². The van der Waals surface area contributed by atoms with Gasteiger partial charge >= 0.3 is 6.18 Å². The van der Waals surface area contributed by atoms with Crippen molar-refractivity contribution in [1.29, 1.82) is 0 Å². The van der Waals surface area contributed by atoms with Crippen LogP contribution in [0.2, 0.25) is 0 Å². The number of carbonyl (C=O) groups excluding carboxylic acids is 1. The highest BCUT2D eigenvalue weighted by atomic mass is 19.4. The first-order valence-electron chi connectivity index (χ1n) is 5.43. The van der Waals surface area contributed by atoms with Crippen LogP contribution in [0, 0.1) is 0 Å². The van der Waals surface area contributed by atoms with Crippen molar-refractivity contribution in [3.63, 3.8) is 0 Å². The molecule has 0 rings (SSSR count). The Morgan fingerprint density at radius 1 is 1.38 bits per heavy atom. The average Bonchev–Trinajstić information content (AvgIpc) is 2.20. The van der Waals surface area contributed by atoms with E-state index in [0.717, 1.165) is 11.3 Å². The number of rotatable bonds is 6. The third kappa shape index (κ3) is 5.95. The van der Waals surface area contributed by atoms with Crippen LogP contribution in [0.1, 0.15) is 33.1 Å². The van der Waals surface area contributed by atoms with Crippen molar-refractivity contribution >= 4 is 5.91 Å². The van der Waals surface area contributed by atoms with Crippen LogP contribution < -0.4 is 5.73 Å². The third-order valence-corrected chi connectivity index (χ3v) is 2.22. The molecule has 0 aromatic carbocycles. The highest BCUT2D eigenvalue weighted by Gasteiger charge is 2.33. The van der Waals surface area contributed by atoms with Gasteiger partial charge in [-0.25, -0.2) is 0 Å². The highest BCUT2D eigenvalue weighted by molar-refractivity contribution is 5.81. The molecular formula is C10H19F3N2O. The lowest BCUT2D eigenvalue weighted by molar-refractivity contribution is -0.162. The van der Waals surface area contributed by atoms with E-state index in [0.29, 0.717) is 12.8 Å². The number of nitrogens with two attached hydrogens (primary N) is 1. The maximum absolute atomic E-state index is 12.2. The van der Waals surface area contributed by atoms with Crippen LogP contribution >= 0.6 is 0 Å². The minimum atomic E-state index is -4.36. The van der Waals surface area contributed by atoms with Crippen molar-refractivity contribution in [2.24, 2.45) is 5.73 Å². The zero-order valence-corrected chi connectivity index (χ0v) is 9.68. The quantitative estimate of drug-likeness (QED) is 0.771. The van der Waals surface area contributed by atoms with E-state index in [4.69, 9.17) is 5.73 Å². The van der Waals surface area contributed by atoms with Crippen molar-refractivity contribution < 1.29 is 18.0 Å². The summed E-state index contributed by atoms with van der Waals surface area (Å²) in [6, 6.07) is -0.834. The van der Waals surface area contributed by atoms with Crippen LogP contribution in [0.3, 0.4) is 0 Å². The number of hydrogen-bond donors (Lipinski definition) is 1. The van der Waals surface area contributed by atoms with Gasteiger partial charge in [0.25, 0.3) is 0 Å². The number of alkyl halides is 3. The van der Waals surface area contributed by atoms with E-state index in [1.165, 1.54) is 0 Å². The van der Waals surface area contributed by atoms with Crippen molar-refractivity contribution in [3.8, 4) is 0 Å². The number of carbonyl (C=O) groups is 1. The van der Waals surface area contributed by atoms with Gasteiger partial charge in [-0.15, -0.1) is 0 Å². The van der Waals surface area contributed by atoms with Gasteiger partial charge in [-0.05, 0) is 12.8 Å². The van der Waals surface area contributed by atoms with Crippen LogP contribution in [-0.4, -0.2) is 36.1 Å². The molecule has 0 bridgehead atoms. The molecule has 0 aliphatic rings. The fourth-order valence-corrected chi connectivity index (χ4v) is 1.24. The minimum absolute atomic E-state index is 0.114. The second-order valence-electron chi connectivity index (χ2n) is 3.74. The van der Waals surface area contributed by atoms with Gasteiger partial charge in [0.2, 0.25) is 5.91 Å². The molecule has 3 nitrogen and oxygen atoms in total. The second-order valence-corrected chi connectivity index (χ2v) is 3.74. The Hall–Kier alpha value is -0.780. The number of unbranched alkanes of at least 4 members (excludes halogenated alkanes) is 1. The number of hydrogen-bond acceptors (Lipinski definition) is 2. The zero-order valence-electron chi connectivity index (χ0n) is 9.68. The summed E-state index contributed by atoms with van der Waals surface area (Å²) in [6.45, 7) is 2.44. The minimum Gasteiger partial charge on any atom is -0.332 e. The van der Waals surface area contributed by atoms with E-state index in [1.54, 1.807) is 6.92 Å². The van der Waals surface area contributed by atoms with Crippen LogP contribution in [0.4, 0.5) is 13.2 Å². The maximum Gasteiger partial charge on any atom is 0.406 e. The Morgan fingerprint density at radius 3 is 2.31 bits per heavy atom. The molecule has 0 saturated heterocycles. The fraction of sp³-hybridized carbons (Fsp3) is 0.900. The van der Waals surface area contributed by atoms with Crippen molar-refractivity contribution in [1.82, 2.24) is 4.90 Å². The molecule has 2 N–H and O–H groups in total. The molecule has 96 valence electrons. The van der Waals surface area contributed by atoms with E-state index in [9.17, 15) is 18.0 Å². The summed E-state index contributed by atoms with van der Waals surface area (Å²) in [7, 11) is 0. The Labute approximate surface area is 93.8 Å². The van der Waals surface area contributed by atoms with Gasteiger partial charge < -0.3 is 10.6 Å². The first-order valence-corrected chi connectivity index (χ1v) is 5.43. The summed E-state index contributed by atoms with van der Waals surface area (Å²) in [5.41, 5.74) is 5.45. The summed E-state index contributed by atoms with van der Waals surface area (Å²) < 4.78 is 36.7. The van der Waals surface area contributed by atoms with Gasteiger partial charge in [0.05, 0.1) is 6.04 Å². The second kappa shape index (κ2) is 6.73. The summed E-state index contributed by atoms with van der Waals surface area (Å²) in [4.78, 5) is 12.4. The number of amides is 1. The molecular weight excluding hydrogens is 221 g/mol. The van der Waals surface area contributed by atoms with Crippen LogP contribution in [0.5, 0.6) is 0 Å². The molecule has 0 fully saturated rings. The highest BCUT2D eigenvalue weighted by Crippen LogP contribution is 2.17. The predicted molar refractivity (Wildman–Crippen MR) is 55.8 cm³/mol. The Kier molecular flexibility index (Phi) is 6.40. The fourth-order valence-electron chi connectivity index (χ4n) is 1.24. The normalized spacial score (nSPS) is 13.6. The van der Waals surface area contributed by atoms with Crippen LogP contribution in [0.15, 0.2) is 0 Å². The molecule has 6 heteroatoms. The lowest BCUT2D eigenvalue weighted by Gasteiger charge is -2.26. The van der Waals surface area contributed by atoms with Crippen LogP contribution in [-0.2, 0) is 4.79 Å². The lowest BCUT2D eigenvalue weighted by Crippen LogP contribution is -2.47. The molecule has 0 spiro atoms. The summed E-state index contributed by atoms with van der Waals surface area (Å²) in [5, 5.41) is 0. The third-order valence-electron chi connectivity index (χ3n) is 2.22. The molecule has 16 heavy (non-hydrogen) atoms. The molecule has 1 unspecified atom stereocenters. The van der Waals surface area contributed by atoms with E-state index < -0.39 is 24.7 Å². The molecule has 1 amide bonds. The molecule has 0 aliphatic carbocycles. The molecule has 0 aliphatic heterocycles. The molecule has 0 aromatic rings. The number of nitrogens with zero attached hydrogens (tertiary/aromatic N) is 1. The first-order chi connectivity index (χ1) is 7.31. The molecule has 1 atom stereocenters. The van der Waals surface area contributed by atoms with Gasteiger partial charge in [0.1, 0.15) is 6.54 Å². The monoisotopic (exact) mass is 240 g/mol. The van der Waals surface area contributed by atoms with Crippen LogP contribution in [0.25, 0.3) is 0 Å². The zero-order chi connectivity index (χ0) is 12.8. The molecule has 0 saturated carbocycles. The lowest BCUT2D eigenvalue weighted by atomic mass is 10.2. The van der Waals surface area contributed by atoms with E-state index in [2.05, 4.69) is 0 Å². The van der Waals surface area contributed by atoms with E-state index >= 15 is 0 Å². The topological polar surface area (TPSA) is 46.3 Å². The largest absolute Gasteiger partial charge is 0.406 e. The molecule has 0 heterocycles.